The number of hydrogen-bond acceptors (Lipinski definition) is 6. The summed E-state index contributed by atoms with van der Waals surface area (Å²) < 4.78 is 24.1. The van der Waals surface area contributed by atoms with Crippen molar-refractivity contribution in [3.05, 3.63) is 29.6 Å². The van der Waals surface area contributed by atoms with Crippen LogP contribution in [0.1, 0.15) is 19.4 Å². The van der Waals surface area contributed by atoms with E-state index in [1.54, 1.807) is 13.0 Å². The van der Waals surface area contributed by atoms with Crippen LogP contribution in [-0.2, 0) is 0 Å². The quantitative estimate of drug-likeness (QED) is 0.882. The van der Waals surface area contributed by atoms with Gasteiger partial charge in [0.15, 0.2) is 0 Å². The molecule has 0 radical (unpaired) electrons. The predicted octanol–water partition coefficient (Wildman–Crippen LogP) is 2.94. The molecule has 1 heterocycles. The molecule has 2 rings (SSSR count). The van der Waals surface area contributed by atoms with Crippen LogP contribution < -0.4 is 14.8 Å². The van der Waals surface area contributed by atoms with Crippen LogP contribution in [0.5, 0.6) is 17.8 Å². The molecule has 7 heteroatoms. The van der Waals surface area contributed by atoms with Gasteiger partial charge in [-0.1, -0.05) is 0 Å². The van der Waals surface area contributed by atoms with Crippen molar-refractivity contribution < 1.29 is 13.9 Å². The van der Waals surface area contributed by atoms with E-state index >= 15 is 0 Å². The lowest BCUT2D eigenvalue weighted by molar-refractivity contribution is 0.304. The smallest absolute Gasteiger partial charge is 0.330 e. The summed E-state index contributed by atoms with van der Waals surface area (Å²) in [5, 5.41) is 2.97. The molecule has 0 fully saturated rings. The molecular formula is C14H17FN4O2. The number of halogens is 1. The lowest BCUT2D eigenvalue weighted by Crippen LogP contribution is -2.07. The molecule has 112 valence electrons. The average Bonchev–Trinajstić information content (AvgIpc) is 2.43. The first-order valence-electron chi connectivity index (χ1n) is 6.69. The Morgan fingerprint density at radius 2 is 1.90 bits per heavy atom. The van der Waals surface area contributed by atoms with Crippen LogP contribution in [0.15, 0.2) is 18.2 Å². The van der Waals surface area contributed by atoms with E-state index < -0.39 is 0 Å². The Hall–Kier alpha value is -2.44. The maximum Gasteiger partial charge on any atom is 0.330 e. The zero-order chi connectivity index (χ0) is 15.2. The van der Waals surface area contributed by atoms with E-state index in [0.29, 0.717) is 30.4 Å². The summed E-state index contributed by atoms with van der Waals surface area (Å²) in [4.78, 5) is 12.3. The Labute approximate surface area is 122 Å². The molecule has 2 aromatic rings. The third-order valence-corrected chi connectivity index (χ3v) is 2.54. The molecule has 6 nitrogen and oxygen atoms in total. The SMILES string of the molecule is CCNc1nc(OCC)nc(Oc2ccc(F)c(C)c2)n1. The van der Waals surface area contributed by atoms with Gasteiger partial charge in [0.1, 0.15) is 11.6 Å². The van der Waals surface area contributed by atoms with Crippen LogP contribution in [0.25, 0.3) is 0 Å². The van der Waals surface area contributed by atoms with Crippen molar-refractivity contribution in [2.75, 3.05) is 18.5 Å². The molecule has 0 saturated carbocycles. The maximum atomic E-state index is 13.2. The van der Waals surface area contributed by atoms with Crippen LogP contribution in [-0.4, -0.2) is 28.1 Å². The standard InChI is InChI=1S/C14H17FN4O2/c1-4-16-12-17-13(20-5-2)19-14(18-12)21-10-6-7-11(15)9(3)8-10/h6-8H,4-5H2,1-3H3,(H,16,17,18,19). The zero-order valence-corrected chi connectivity index (χ0v) is 12.2. The second kappa shape index (κ2) is 6.83. The summed E-state index contributed by atoms with van der Waals surface area (Å²) in [7, 11) is 0. The number of ether oxygens (including phenoxy) is 2. The van der Waals surface area contributed by atoms with Gasteiger partial charge in [-0.05, 0) is 44.5 Å². The minimum absolute atomic E-state index is 0.0930. The van der Waals surface area contributed by atoms with Gasteiger partial charge in [0.25, 0.3) is 0 Å². The molecule has 1 aromatic carbocycles. The van der Waals surface area contributed by atoms with Crippen molar-refractivity contribution >= 4 is 5.95 Å². The fraction of sp³-hybridized carbons (Fsp3) is 0.357. The Bertz CT molecular complexity index is 598. The van der Waals surface area contributed by atoms with Crippen LogP contribution in [0, 0.1) is 12.7 Å². The Kier molecular flexibility index (Phi) is 4.86. The van der Waals surface area contributed by atoms with Crippen molar-refractivity contribution in [3.63, 3.8) is 0 Å². The van der Waals surface area contributed by atoms with E-state index in [4.69, 9.17) is 9.47 Å². The molecule has 1 aromatic heterocycles. The normalized spacial score (nSPS) is 10.3. The van der Waals surface area contributed by atoms with Gasteiger partial charge in [0.2, 0.25) is 5.95 Å². The van der Waals surface area contributed by atoms with Gasteiger partial charge < -0.3 is 14.8 Å². The first kappa shape index (κ1) is 15.0. The number of aryl methyl sites for hydroxylation is 1. The van der Waals surface area contributed by atoms with Gasteiger partial charge in [-0.15, -0.1) is 4.98 Å². The fourth-order valence-electron chi connectivity index (χ4n) is 1.60. The topological polar surface area (TPSA) is 69.2 Å². The second-order valence-corrected chi connectivity index (χ2v) is 4.20. The lowest BCUT2D eigenvalue weighted by atomic mass is 10.2. The van der Waals surface area contributed by atoms with E-state index in [1.165, 1.54) is 12.1 Å². The molecule has 0 spiro atoms. The predicted molar refractivity (Wildman–Crippen MR) is 76.4 cm³/mol. The van der Waals surface area contributed by atoms with Gasteiger partial charge in [-0.25, -0.2) is 4.39 Å². The summed E-state index contributed by atoms with van der Waals surface area (Å²) in [5.41, 5.74) is 0.485. The molecule has 0 aliphatic carbocycles. The van der Waals surface area contributed by atoms with E-state index in [2.05, 4.69) is 20.3 Å². The summed E-state index contributed by atoms with van der Waals surface area (Å²) in [6.45, 7) is 6.51. The van der Waals surface area contributed by atoms with E-state index in [1.807, 2.05) is 13.8 Å². The highest BCUT2D eigenvalue weighted by Crippen LogP contribution is 2.22. The van der Waals surface area contributed by atoms with E-state index in [-0.39, 0.29) is 17.8 Å². The third kappa shape index (κ3) is 4.01. The number of anilines is 1. The highest BCUT2D eigenvalue weighted by molar-refractivity contribution is 5.33. The Morgan fingerprint density at radius 1 is 1.14 bits per heavy atom. The van der Waals surface area contributed by atoms with Crippen LogP contribution in [0.3, 0.4) is 0 Å². The van der Waals surface area contributed by atoms with Crippen molar-refractivity contribution in [1.82, 2.24) is 15.0 Å². The van der Waals surface area contributed by atoms with Crippen LogP contribution in [0.4, 0.5) is 10.3 Å². The summed E-state index contributed by atoms with van der Waals surface area (Å²) >= 11 is 0. The molecule has 0 bridgehead atoms. The maximum absolute atomic E-state index is 13.2. The van der Waals surface area contributed by atoms with Gasteiger partial charge in [0, 0.05) is 6.54 Å². The summed E-state index contributed by atoms with van der Waals surface area (Å²) in [6.07, 6.45) is 0. The van der Waals surface area contributed by atoms with Crippen molar-refractivity contribution in [2.24, 2.45) is 0 Å². The van der Waals surface area contributed by atoms with Gasteiger partial charge in [0.05, 0.1) is 6.61 Å². The molecule has 0 amide bonds. The first-order valence-corrected chi connectivity index (χ1v) is 6.69. The Morgan fingerprint density at radius 3 is 2.57 bits per heavy atom. The zero-order valence-electron chi connectivity index (χ0n) is 12.2. The molecule has 0 aliphatic heterocycles. The molecule has 0 atom stereocenters. The van der Waals surface area contributed by atoms with E-state index in [9.17, 15) is 4.39 Å². The van der Waals surface area contributed by atoms with Gasteiger partial charge in [-0.3, -0.25) is 0 Å². The van der Waals surface area contributed by atoms with Crippen molar-refractivity contribution in [2.45, 2.75) is 20.8 Å². The highest BCUT2D eigenvalue weighted by atomic mass is 19.1. The van der Waals surface area contributed by atoms with Crippen LogP contribution in [0.2, 0.25) is 0 Å². The van der Waals surface area contributed by atoms with Gasteiger partial charge >= 0.3 is 12.0 Å². The lowest BCUT2D eigenvalue weighted by Gasteiger charge is -2.09. The molecule has 0 aliphatic rings. The van der Waals surface area contributed by atoms with Crippen LogP contribution >= 0.6 is 0 Å². The highest BCUT2D eigenvalue weighted by Gasteiger charge is 2.09. The molecular weight excluding hydrogens is 275 g/mol. The van der Waals surface area contributed by atoms with E-state index in [0.717, 1.165) is 0 Å². The number of aromatic nitrogens is 3. The molecule has 1 N–H and O–H groups in total. The second-order valence-electron chi connectivity index (χ2n) is 4.20. The molecule has 0 unspecified atom stereocenters. The molecule has 0 saturated heterocycles. The molecule has 21 heavy (non-hydrogen) atoms. The minimum atomic E-state index is -0.290. The number of nitrogens with one attached hydrogen (secondary N) is 1. The summed E-state index contributed by atoms with van der Waals surface area (Å²) in [5.74, 6) is 0.524. The first-order chi connectivity index (χ1) is 10.1. The number of hydrogen-bond donors (Lipinski definition) is 1. The average molecular weight is 292 g/mol. The van der Waals surface area contributed by atoms with Gasteiger partial charge in [-0.2, -0.15) is 9.97 Å². The van der Waals surface area contributed by atoms with Crippen molar-refractivity contribution in [1.29, 1.82) is 0 Å². The number of nitrogens with zero attached hydrogens (tertiary/aromatic N) is 3. The van der Waals surface area contributed by atoms with Crippen molar-refractivity contribution in [3.8, 4) is 17.8 Å². The monoisotopic (exact) mass is 292 g/mol. The largest absolute Gasteiger partial charge is 0.464 e. The number of rotatable bonds is 6. The third-order valence-electron chi connectivity index (χ3n) is 2.54. The minimum Gasteiger partial charge on any atom is -0.464 e. The number of benzene rings is 1. The fourth-order valence-corrected chi connectivity index (χ4v) is 1.60. The summed E-state index contributed by atoms with van der Waals surface area (Å²) in [6, 6.07) is 4.69. The Balaban J connectivity index is 2.26.